The molecule has 4 aromatic rings. The second-order valence-electron chi connectivity index (χ2n) is 5.51. The quantitative estimate of drug-likeness (QED) is 0.534. The first-order valence-electron chi connectivity index (χ1n) is 7.65. The number of fused-ring (bicyclic) bond motifs is 1. The first kappa shape index (κ1) is 15.5. The van der Waals surface area contributed by atoms with Crippen LogP contribution < -0.4 is 0 Å². The van der Waals surface area contributed by atoms with E-state index < -0.39 is 5.97 Å². The second kappa shape index (κ2) is 6.45. The van der Waals surface area contributed by atoms with Gasteiger partial charge in [0.25, 0.3) is 0 Å². The lowest BCUT2D eigenvalue weighted by atomic mass is 10.1. The van der Waals surface area contributed by atoms with Crippen LogP contribution in [0.15, 0.2) is 65.3 Å². The van der Waals surface area contributed by atoms with Crippen molar-refractivity contribution in [2.45, 2.75) is 6.61 Å². The van der Waals surface area contributed by atoms with Crippen LogP contribution in [-0.2, 0) is 11.3 Å². The normalized spacial score (nSPS) is 10.9. The summed E-state index contributed by atoms with van der Waals surface area (Å²) in [6.45, 7) is 0.0371. The van der Waals surface area contributed by atoms with Crippen LogP contribution in [0.25, 0.3) is 22.2 Å². The Bertz CT molecular complexity index is 1030. The van der Waals surface area contributed by atoms with Crippen molar-refractivity contribution < 1.29 is 14.1 Å². The molecule has 1 N–H and O–H groups in total. The van der Waals surface area contributed by atoms with Crippen LogP contribution in [0.2, 0.25) is 5.02 Å². The fourth-order valence-corrected chi connectivity index (χ4v) is 2.71. The van der Waals surface area contributed by atoms with Crippen molar-refractivity contribution in [2.75, 3.05) is 0 Å². The molecule has 0 fully saturated rings. The highest BCUT2D eigenvalue weighted by atomic mass is 35.5. The summed E-state index contributed by atoms with van der Waals surface area (Å²) in [4.78, 5) is 15.3. The van der Waals surface area contributed by atoms with Crippen LogP contribution in [0.3, 0.4) is 0 Å². The van der Waals surface area contributed by atoms with Crippen LogP contribution in [0.4, 0.5) is 0 Å². The number of esters is 1. The molecule has 0 saturated carbocycles. The molecular weight excluding hydrogens is 340 g/mol. The third kappa shape index (κ3) is 3.14. The lowest BCUT2D eigenvalue weighted by Gasteiger charge is -2.01. The molecule has 0 amide bonds. The number of para-hydroxylation sites is 1. The van der Waals surface area contributed by atoms with Crippen LogP contribution in [0, 0.1) is 0 Å². The van der Waals surface area contributed by atoms with Gasteiger partial charge in [0, 0.05) is 33.8 Å². The van der Waals surface area contributed by atoms with Gasteiger partial charge in [0.1, 0.15) is 12.3 Å². The molecule has 0 bridgehead atoms. The van der Waals surface area contributed by atoms with Gasteiger partial charge in [-0.15, -0.1) is 0 Å². The Labute approximate surface area is 148 Å². The highest BCUT2D eigenvalue weighted by Crippen LogP contribution is 2.23. The number of H-pyrrole nitrogens is 1. The van der Waals surface area contributed by atoms with Crippen LogP contribution in [-0.4, -0.2) is 16.1 Å². The number of nitrogens with one attached hydrogen (secondary N) is 1. The van der Waals surface area contributed by atoms with Gasteiger partial charge in [-0.3, -0.25) is 0 Å². The molecule has 5 nitrogen and oxygen atoms in total. The van der Waals surface area contributed by atoms with Gasteiger partial charge in [0.15, 0.2) is 5.76 Å². The second-order valence-corrected chi connectivity index (χ2v) is 5.95. The topological polar surface area (TPSA) is 68.1 Å². The Hall–Kier alpha value is -3.05. The van der Waals surface area contributed by atoms with Gasteiger partial charge in [-0.2, -0.15) is 0 Å². The number of aromatic nitrogens is 2. The number of carbonyl (C=O) groups excluding carboxylic acids is 1. The summed E-state index contributed by atoms with van der Waals surface area (Å²) in [7, 11) is 0. The summed E-state index contributed by atoms with van der Waals surface area (Å²) in [6, 6.07) is 16.5. The van der Waals surface area contributed by atoms with Crippen molar-refractivity contribution in [3.05, 3.63) is 77.1 Å². The van der Waals surface area contributed by atoms with Gasteiger partial charge in [-0.05, 0) is 30.3 Å². The fraction of sp³-hybridized carbons (Fsp3) is 0.0526. The lowest BCUT2D eigenvalue weighted by molar-refractivity contribution is 0.0466. The SMILES string of the molecule is O=C(OCc1cc(-c2ccc(Cl)cc2)on1)c1c[nH]c2ccccc12. The third-order valence-corrected chi connectivity index (χ3v) is 4.10. The van der Waals surface area contributed by atoms with Gasteiger partial charge in [-0.1, -0.05) is 35.0 Å². The Morgan fingerprint density at radius 3 is 2.80 bits per heavy atom. The molecule has 4 rings (SSSR count). The summed E-state index contributed by atoms with van der Waals surface area (Å²) < 4.78 is 10.6. The molecule has 0 aliphatic heterocycles. The van der Waals surface area contributed by atoms with Crippen molar-refractivity contribution >= 4 is 28.5 Å². The Balaban J connectivity index is 1.46. The van der Waals surface area contributed by atoms with Crippen molar-refractivity contribution in [1.29, 1.82) is 0 Å². The number of benzene rings is 2. The maximum atomic E-state index is 12.3. The van der Waals surface area contributed by atoms with E-state index in [2.05, 4.69) is 10.1 Å². The van der Waals surface area contributed by atoms with Crippen LogP contribution >= 0.6 is 11.6 Å². The van der Waals surface area contributed by atoms with E-state index in [1.807, 2.05) is 36.4 Å². The van der Waals surface area contributed by atoms with E-state index in [1.54, 1.807) is 24.4 Å². The standard InChI is InChI=1S/C19H13ClN2O3/c20-13-7-5-12(6-8-13)18-9-14(22-25-18)11-24-19(23)16-10-21-17-4-2-1-3-15(16)17/h1-10,21H,11H2. The minimum absolute atomic E-state index is 0.0371. The lowest BCUT2D eigenvalue weighted by Crippen LogP contribution is -2.04. The molecule has 124 valence electrons. The number of aromatic amines is 1. The van der Waals surface area contributed by atoms with Crippen LogP contribution in [0.1, 0.15) is 16.1 Å². The molecule has 6 heteroatoms. The highest BCUT2D eigenvalue weighted by molar-refractivity contribution is 6.30. The first-order valence-corrected chi connectivity index (χ1v) is 8.03. The van der Waals surface area contributed by atoms with Crippen molar-refractivity contribution in [1.82, 2.24) is 10.1 Å². The largest absolute Gasteiger partial charge is 0.455 e. The summed E-state index contributed by atoms with van der Waals surface area (Å²) in [5.74, 6) is 0.184. The van der Waals surface area contributed by atoms with Gasteiger partial charge in [-0.25, -0.2) is 4.79 Å². The molecule has 0 aliphatic rings. The predicted molar refractivity (Wildman–Crippen MR) is 94.4 cm³/mol. The maximum absolute atomic E-state index is 12.3. The molecule has 2 aromatic carbocycles. The molecule has 2 heterocycles. The summed E-state index contributed by atoms with van der Waals surface area (Å²) in [6.07, 6.45) is 1.65. The van der Waals surface area contributed by atoms with Gasteiger partial charge in [0.2, 0.25) is 0 Å². The van der Waals surface area contributed by atoms with Gasteiger partial charge in [0.05, 0.1) is 5.56 Å². The molecule has 0 saturated heterocycles. The summed E-state index contributed by atoms with van der Waals surface area (Å²) in [5.41, 5.74) is 2.78. The number of hydrogen-bond donors (Lipinski definition) is 1. The zero-order valence-electron chi connectivity index (χ0n) is 13.0. The maximum Gasteiger partial charge on any atom is 0.340 e. The van der Waals surface area contributed by atoms with E-state index in [-0.39, 0.29) is 6.61 Å². The molecule has 0 spiro atoms. The first-order chi connectivity index (χ1) is 12.2. The molecule has 25 heavy (non-hydrogen) atoms. The molecule has 0 atom stereocenters. The number of ether oxygens (including phenoxy) is 1. The third-order valence-electron chi connectivity index (χ3n) is 3.85. The number of nitrogens with zero attached hydrogens (tertiary/aromatic N) is 1. The number of carbonyl (C=O) groups is 1. The molecule has 0 radical (unpaired) electrons. The Kier molecular flexibility index (Phi) is 3.99. The Morgan fingerprint density at radius 2 is 1.96 bits per heavy atom. The molecular formula is C19H13ClN2O3. The number of rotatable bonds is 4. The average molecular weight is 353 g/mol. The molecule has 2 aromatic heterocycles. The van der Waals surface area contributed by atoms with Crippen molar-refractivity contribution in [3.8, 4) is 11.3 Å². The molecule has 0 unspecified atom stereocenters. The van der Waals surface area contributed by atoms with Gasteiger partial charge >= 0.3 is 5.97 Å². The van der Waals surface area contributed by atoms with E-state index in [9.17, 15) is 4.79 Å². The molecule has 0 aliphatic carbocycles. The van der Waals surface area contributed by atoms with E-state index in [0.717, 1.165) is 16.5 Å². The summed E-state index contributed by atoms with van der Waals surface area (Å²) in [5, 5.41) is 5.42. The number of hydrogen-bond acceptors (Lipinski definition) is 4. The smallest absolute Gasteiger partial charge is 0.340 e. The van der Waals surface area contributed by atoms with E-state index in [0.29, 0.717) is 22.0 Å². The minimum Gasteiger partial charge on any atom is -0.455 e. The minimum atomic E-state index is -0.409. The van der Waals surface area contributed by atoms with Gasteiger partial charge < -0.3 is 14.2 Å². The zero-order valence-corrected chi connectivity index (χ0v) is 13.8. The van der Waals surface area contributed by atoms with E-state index in [1.165, 1.54) is 0 Å². The van der Waals surface area contributed by atoms with Crippen LogP contribution in [0.5, 0.6) is 0 Å². The van der Waals surface area contributed by atoms with E-state index in [4.69, 9.17) is 20.9 Å². The Morgan fingerprint density at radius 1 is 1.16 bits per heavy atom. The fourth-order valence-electron chi connectivity index (χ4n) is 2.59. The number of halogens is 1. The van der Waals surface area contributed by atoms with Crippen molar-refractivity contribution in [2.24, 2.45) is 0 Å². The summed E-state index contributed by atoms with van der Waals surface area (Å²) >= 11 is 5.87. The van der Waals surface area contributed by atoms with E-state index >= 15 is 0 Å². The highest BCUT2D eigenvalue weighted by Gasteiger charge is 2.14. The average Bonchev–Trinajstić information content (AvgIpc) is 3.27. The monoisotopic (exact) mass is 352 g/mol. The van der Waals surface area contributed by atoms with Crippen molar-refractivity contribution in [3.63, 3.8) is 0 Å². The predicted octanol–water partition coefficient (Wildman–Crippen LogP) is 4.83. The zero-order chi connectivity index (χ0) is 17.2.